The van der Waals surface area contributed by atoms with E-state index in [2.05, 4.69) is 4.90 Å². The summed E-state index contributed by atoms with van der Waals surface area (Å²) in [4.78, 5) is 12.4. The molecule has 1 fully saturated rings. The molecule has 2 heterocycles. The molecular formula is C11H16N2O4S. The van der Waals surface area contributed by atoms with Gasteiger partial charge in [-0.2, -0.15) is 0 Å². The molecule has 1 N–H and O–H groups in total. The highest BCUT2D eigenvalue weighted by Gasteiger charge is 2.26. The van der Waals surface area contributed by atoms with Crippen LogP contribution >= 0.6 is 11.3 Å². The maximum atomic E-state index is 10.6. The maximum Gasteiger partial charge on any atom is 0.324 e. The highest BCUT2D eigenvalue weighted by molar-refractivity contribution is 7.13. The van der Waals surface area contributed by atoms with Crippen molar-refractivity contribution in [3.63, 3.8) is 0 Å². The van der Waals surface area contributed by atoms with E-state index in [9.17, 15) is 10.1 Å². The van der Waals surface area contributed by atoms with Gasteiger partial charge < -0.3 is 9.84 Å². The first-order valence-corrected chi connectivity index (χ1v) is 6.66. The summed E-state index contributed by atoms with van der Waals surface area (Å²) in [5.74, 6) is 0. The van der Waals surface area contributed by atoms with Crippen LogP contribution in [0.5, 0.6) is 0 Å². The third-order valence-electron chi connectivity index (χ3n) is 3.04. The maximum absolute atomic E-state index is 10.6. The number of morpholine rings is 1. The van der Waals surface area contributed by atoms with Crippen molar-refractivity contribution in [1.29, 1.82) is 0 Å². The van der Waals surface area contributed by atoms with Crippen LogP contribution < -0.4 is 0 Å². The lowest BCUT2D eigenvalue weighted by atomic mass is 10.1. The Labute approximate surface area is 109 Å². The summed E-state index contributed by atoms with van der Waals surface area (Å²) in [5.41, 5.74) is 0.942. The van der Waals surface area contributed by atoms with E-state index >= 15 is 0 Å². The number of aliphatic hydroxyl groups is 1. The molecule has 2 atom stereocenters. The number of nitrogens with zero attached hydrogens (tertiary/aromatic N) is 2. The number of aliphatic hydroxyl groups excluding tert-OH is 1. The van der Waals surface area contributed by atoms with Crippen molar-refractivity contribution in [2.45, 2.75) is 25.6 Å². The molecule has 6 nitrogen and oxygen atoms in total. The standard InChI is InChI=1S/C11H16N2O4S/c1-8-6-17-10(5-14)4-12(8)3-9-2-11(13(15)16)18-7-9/h2,7-8,10,14H,3-6H2,1H3. The Morgan fingerprint density at radius 3 is 3.11 bits per heavy atom. The van der Waals surface area contributed by atoms with E-state index in [1.807, 2.05) is 12.3 Å². The van der Waals surface area contributed by atoms with Gasteiger partial charge in [-0.1, -0.05) is 11.3 Å². The molecule has 0 bridgehead atoms. The van der Waals surface area contributed by atoms with Crippen molar-refractivity contribution in [1.82, 2.24) is 4.90 Å². The summed E-state index contributed by atoms with van der Waals surface area (Å²) in [7, 11) is 0. The number of rotatable bonds is 4. The number of hydrogen-bond acceptors (Lipinski definition) is 6. The number of hydrogen-bond donors (Lipinski definition) is 1. The van der Waals surface area contributed by atoms with Gasteiger partial charge in [-0.05, 0) is 12.5 Å². The minimum Gasteiger partial charge on any atom is -0.394 e. The van der Waals surface area contributed by atoms with Crippen LogP contribution in [0.4, 0.5) is 5.00 Å². The first kappa shape index (κ1) is 13.4. The van der Waals surface area contributed by atoms with Crippen LogP contribution in [0, 0.1) is 10.1 Å². The minimum absolute atomic E-state index is 0.00695. The van der Waals surface area contributed by atoms with Gasteiger partial charge in [-0.25, -0.2) is 0 Å². The third kappa shape index (κ3) is 3.05. The summed E-state index contributed by atoms with van der Waals surface area (Å²) in [6.45, 7) is 3.95. The third-order valence-corrected chi connectivity index (χ3v) is 3.97. The van der Waals surface area contributed by atoms with Crippen molar-refractivity contribution in [3.05, 3.63) is 27.1 Å². The molecule has 0 amide bonds. The summed E-state index contributed by atoms with van der Waals surface area (Å²) in [5, 5.41) is 21.7. The van der Waals surface area contributed by atoms with Gasteiger partial charge in [0.2, 0.25) is 0 Å². The Bertz CT molecular complexity index is 423. The fourth-order valence-electron chi connectivity index (χ4n) is 1.98. The van der Waals surface area contributed by atoms with Crippen LogP contribution in [0.15, 0.2) is 11.4 Å². The Morgan fingerprint density at radius 2 is 2.50 bits per heavy atom. The summed E-state index contributed by atoms with van der Waals surface area (Å²) < 4.78 is 5.45. The minimum atomic E-state index is -0.368. The second kappa shape index (κ2) is 5.75. The van der Waals surface area contributed by atoms with Crippen LogP contribution in [-0.4, -0.2) is 46.8 Å². The Balaban J connectivity index is 2.00. The van der Waals surface area contributed by atoms with Crippen molar-refractivity contribution in [2.75, 3.05) is 19.8 Å². The van der Waals surface area contributed by atoms with Gasteiger partial charge in [0.1, 0.15) is 0 Å². The van der Waals surface area contributed by atoms with Crippen LogP contribution in [0.3, 0.4) is 0 Å². The van der Waals surface area contributed by atoms with Crippen LogP contribution in [0.1, 0.15) is 12.5 Å². The lowest BCUT2D eigenvalue weighted by molar-refractivity contribution is -0.380. The van der Waals surface area contributed by atoms with Crippen molar-refractivity contribution >= 4 is 16.3 Å². The highest BCUT2D eigenvalue weighted by atomic mass is 32.1. The molecule has 1 aliphatic rings. The van der Waals surface area contributed by atoms with Gasteiger partial charge in [-0.15, -0.1) is 0 Å². The molecule has 1 aromatic heterocycles. The topological polar surface area (TPSA) is 75.8 Å². The molecule has 1 aliphatic heterocycles. The first-order valence-electron chi connectivity index (χ1n) is 5.78. The predicted molar refractivity (Wildman–Crippen MR) is 67.7 cm³/mol. The van der Waals surface area contributed by atoms with Crippen molar-refractivity contribution in [3.8, 4) is 0 Å². The molecule has 0 aromatic carbocycles. The average molecular weight is 272 g/mol. The zero-order chi connectivity index (χ0) is 13.1. The molecule has 0 saturated carbocycles. The van der Waals surface area contributed by atoms with E-state index in [0.29, 0.717) is 19.7 Å². The zero-order valence-corrected chi connectivity index (χ0v) is 10.9. The normalized spacial score (nSPS) is 25.2. The van der Waals surface area contributed by atoms with Gasteiger partial charge in [-0.3, -0.25) is 15.0 Å². The Morgan fingerprint density at radius 1 is 1.72 bits per heavy atom. The molecule has 2 unspecified atom stereocenters. The fraction of sp³-hybridized carbons (Fsp3) is 0.636. The Hall–Kier alpha value is -1.02. The van der Waals surface area contributed by atoms with E-state index in [4.69, 9.17) is 9.84 Å². The quantitative estimate of drug-likeness (QED) is 0.659. The van der Waals surface area contributed by atoms with E-state index in [-0.39, 0.29) is 28.7 Å². The van der Waals surface area contributed by atoms with Gasteiger partial charge in [0, 0.05) is 30.6 Å². The number of ether oxygens (including phenoxy) is 1. The monoisotopic (exact) mass is 272 g/mol. The second-order valence-electron chi connectivity index (χ2n) is 4.47. The summed E-state index contributed by atoms with van der Waals surface area (Å²) >= 11 is 1.15. The van der Waals surface area contributed by atoms with E-state index in [1.54, 1.807) is 6.07 Å². The molecule has 0 radical (unpaired) electrons. The van der Waals surface area contributed by atoms with Gasteiger partial charge in [0.25, 0.3) is 0 Å². The molecule has 18 heavy (non-hydrogen) atoms. The number of nitro groups is 1. The molecule has 1 aromatic rings. The smallest absolute Gasteiger partial charge is 0.324 e. The average Bonchev–Trinajstić information content (AvgIpc) is 2.81. The first-order chi connectivity index (χ1) is 8.60. The van der Waals surface area contributed by atoms with E-state index in [1.165, 1.54) is 0 Å². The second-order valence-corrected chi connectivity index (χ2v) is 5.36. The lowest BCUT2D eigenvalue weighted by Crippen LogP contribution is -2.48. The molecule has 1 saturated heterocycles. The van der Waals surface area contributed by atoms with Crippen LogP contribution in [0.2, 0.25) is 0 Å². The van der Waals surface area contributed by atoms with Gasteiger partial charge in [0.15, 0.2) is 0 Å². The Kier molecular flexibility index (Phi) is 4.28. The van der Waals surface area contributed by atoms with Gasteiger partial charge in [0.05, 0.1) is 24.2 Å². The zero-order valence-electron chi connectivity index (χ0n) is 10.1. The molecule has 100 valence electrons. The molecular weight excluding hydrogens is 256 g/mol. The molecule has 7 heteroatoms. The van der Waals surface area contributed by atoms with E-state index < -0.39 is 0 Å². The van der Waals surface area contributed by atoms with E-state index in [0.717, 1.165) is 16.9 Å². The van der Waals surface area contributed by atoms with Crippen molar-refractivity contribution in [2.24, 2.45) is 0 Å². The SMILES string of the molecule is CC1COC(CO)CN1Cc1csc([N+](=O)[O-])c1. The predicted octanol–water partition coefficient (Wildman–Crippen LogP) is 1.24. The highest BCUT2D eigenvalue weighted by Crippen LogP contribution is 2.25. The molecule has 0 aliphatic carbocycles. The molecule has 0 spiro atoms. The molecule has 2 rings (SSSR count). The van der Waals surface area contributed by atoms with Crippen LogP contribution in [0.25, 0.3) is 0 Å². The van der Waals surface area contributed by atoms with Gasteiger partial charge >= 0.3 is 5.00 Å². The van der Waals surface area contributed by atoms with Crippen LogP contribution in [-0.2, 0) is 11.3 Å². The fourth-order valence-corrected chi connectivity index (χ4v) is 2.70. The number of thiophene rings is 1. The summed E-state index contributed by atoms with van der Waals surface area (Å²) in [6.07, 6.45) is -0.158. The largest absolute Gasteiger partial charge is 0.394 e. The van der Waals surface area contributed by atoms with Crippen molar-refractivity contribution < 1.29 is 14.8 Å². The summed E-state index contributed by atoms with van der Waals surface area (Å²) in [6, 6.07) is 1.87. The lowest BCUT2D eigenvalue weighted by Gasteiger charge is -2.37.